The fraction of sp³-hybridized carbons (Fsp3) is 0.333. The standard InChI is InChI=1S/C15H17NOS/c16-9-8-15(17)12-4-2-1-3-11(12)5-6-14-13(15)7-10-18-14/h1-4,7,10,17H,5-6,8-9,16H2. The summed E-state index contributed by atoms with van der Waals surface area (Å²) in [5.41, 5.74) is 8.16. The molecule has 2 aromatic rings. The van der Waals surface area contributed by atoms with Crippen LogP contribution in [-0.2, 0) is 18.4 Å². The van der Waals surface area contributed by atoms with Crippen molar-refractivity contribution in [1.82, 2.24) is 0 Å². The molecule has 1 aliphatic carbocycles. The lowest BCUT2D eigenvalue weighted by atomic mass is 9.83. The van der Waals surface area contributed by atoms with Gasteiger partial charge in [-0.05, 0) is 48.4 Å². The normalized spacial score (nSPS) is 22.1. The number of aliphatic hydroxyl groups is 1. The van der Waals surface area contributed by atoms with Gasteiger partial charge in [0.2, 0.25) is 0 Å². The van der Waals surface area contributed by atoms with Gasteiger partial charge in [-0.2, -0.15) is 0 Å². The minimum absolute atomic E-state index is 0.486. The van der Waals surface area contributed by atoms with E-state index in [1.54, 1.807) is 11.3 Å². The number of benzene rings is 1. The number of nitrogens with two attached hydrogens (primary N) is 1. The van der Waals surface area contributed by atoms with Gasteiger partial charge < -0.3 is 10.8 Å². The highest BCUT2D eigenvalue weighted by Gasteiger charge is 2.36. The van der Waals surface area contributed by atoms with E-state index >= 15 is 0 Å². The molecule has 1 atom stereocenters. The summed E-state index contributed by atoms with van der Waals surface area (Å²) in [5.74, 6) is 0. The molecule has 0 amide bonds. The van der Waals surface area contributed by atoms with Gasteiger partial charge in [-0.15, -0.1) is 11.3 Å². The van der Waals surface area contributed by atoms with E-state index in [1.165, 1.54) is 10.4 Å². The van der Waals surface area contributed by atoms with Crippen molar-refractivity contribution >= 4 is 11.3 Å². The Labute approximate surface area is 111 Å². The van der Waals surface area contributed by atoms with Gasteiger partial charge in [0.1, 0.15) is 5.60 Å². The summed E-state index contributed by atoms with van der Waals surface area (Å²) >= 11 is 1.74. The van der Waals surface area contributed by atoms with Crippen molar-refractivity contribution in [2.45, 2.75) is 24.9 Å². The van der Waals surface area contributed by atoms with Crippen LogP contribution in [0.1, 0.15) is 28.0 Å². The van der Waals surface area contributed by atoms with Crippen LogP contribution in [0.25, 0.3) is 0 Å². The fourth-order valence-corrected chi connectivity index (χ4v) is 3.87. The molecule has 0 spiro atoms. The molecule has 0 saturated heterocycles. The Morgan fingerprint density at radius 1 is 1.17 bits per heavy atom. The van der Waals surface area contributed by atoms with E-state index in [0.717, 1.165) is 24.0 Å². The third kappa shape index (κ3) is 1.70. The zero-order valence-corrected chi connectivity index (χ0v) is 11.0. The lowest BCUT2D eigenvalue weighted by Gasteiger charge is -2.29. The van der Waals surface area contributed by atoms with Crippen LogP contribution in [0.15, 0.2) is 35.7 Å². The van der Waals surface area contributed by atoms with Crippen molar-refractivity contribution < 1.29 is 5.11 Å². The smallest absolute Gasteiger partial charge is 0.117 e. The van der Waals surface area contributed by atoms with Crippen LogP contribution in [0.3, 0.4) is 0 Å². The molecule has 3 N–H and O–H groups in total. The van der Waals surface area contributed by atoms with Crippen LogP contribution in [0.2, 0.25) is 0 Å². The number of rotatable bonds is 2. The monoisotopic (exact) mass is 259 g/mol. The van der Waals surface area contributed by atoms with E-state index in [0.29, 0.717) is 13.0 Å². The number of hydrogen-bond acceptors (Lipinski definition) is 3. The second kappa shape index (κ2) is 4.50. The van der Waals surface area contributed by atoms with Crippen molar-refractivity contribution in [3.8, 4) is 0 Å². The van der Waals surface area contributed by atoms with Gasteiger partial charge in [0.15, 0.2) is 0 Å². The summed E-state index contributed by atoms with van der Waals surface area (Å²) in [5, 5.41) is 13.2. The van der Waals surface area contributed by atoms with E-state index in [2.05, 4.69) is 17.5 Å². The Bertz CT molecular complexity index is 563. The number of aryl methyl sites for hydroxylation is 2. The minimum Gasteiger partial charge on any atom is -0.380 e. The van der Waals surface area contributed by atoms with Gasteiger partial charge in [-0.3, -0.25) is 0 Å². The molecule has 94 valence electrons. The van der Waals surface area contributed by atoms with Crippen LogP contribution >= 0.6 is 11.3 Å². The summed E-state index contributed by atoms with van der Waals surface area (Å²) in [6, 6.07) is 10.3. The molecule has 3 rings (SSSR count). The van der Waals surface area contributed by atoms with Crippen molar-refractivity contribution in [2.75, 3.05) is 6.54 Å². The maximum absolute atomic E-state index is 11.2. The van der Waals surface area contributed by atoms with Crippen LogP contribution in [0.5, 0.6) is 0 Å². The van der Waals surface area contributed by atoms with Gasteiger partial charge in [0.05, 0.1) is 0 Å². The molecular weight excluding hydrogens is 242 g/mol. The van der Waals surface area contributed by atoms with Crippen molar-refractivity contribution in [1.29, 1.82) is 0 Å². The lowest BCUT2D eigenvalue weighted by molar-refractivity contribution is 0.0736. The zero-order valence-electron chi connectivity index (χ0n) is 10.2. The average molecular weight is 259 g/mol. The second-order valence-corrected chi connectivity index (χ2v) is 5.81. The Morgan fingerprint density at radius 2 is 2.00 bits per heavy atom. The Balaban J connectivity index is 2.23. The van der Waals surface area contributed by atoms with Crippen LogP contribution in [0, 0.1) is 0 Å². The van der Waals surface area contributed by atoms with E-state index in [-0.39, 0.29) is 0 Å². The molecule has 1 aromatic heterocycles. The average Bonchev–Trinajstić information content (AvgIpc) is 2.82. The van der Waals surface area contributed by atoms with E-state index < -0.39 is 5.60 Å². The lowest BCUT2D eigenvalue weighted by Crippen LogP contribution is -2.30. The highest BCUT2D eigenvalue weighted by Crippen LogP contribution is 2.41. The highest BCUT2D eigenvalue weighted by molar-refractivity contribution is 7.10. The number of hydrogen-bond donors (Lipinski definition) is 2. The summed E-state index contributed by atoms with van der Waals surface area (Å²) in [6.45, 7) is 0.486. The van der Waals surface area contributed by atoms with Gasteiger partial charge in [-0.25, -0.2) is 0 Å². The molecule has 18 heavy (non-hydrogen) atoms. The summed E-state index contributed by atoms with van der Waals surface area (Å²) in [4.78, 5) is 1.29. The molecule has 1 aromatic carbocycles. The number of fused-ring (bicyclic) bond motifs is 2. The quantitative estimate of drug-likeness (QED) is 0.870. The largest absolute Gasteiger partial charge is 0.380 e. The summed E-state index contributed by atoms with van der Waals surface area (Å²) < 4.78 is 0. The first kappa shape index (κ1) is 11.9. The molecule has 1 heterocycles. The van der Waals surface area contributed by atoms with Crippen molar-refractivity contribution in [3.63, 3.8) is 0 Å². The topological polar surface area (TPSA) is 46.2 Å². The molecule has 0 bridgehead atoms. The predicted octanol–water partition coefficient (Wildman–Crippen LogP) is 2.43. The SMILES string of the molecule is NCCC1(O)c2ccccc2CCc2sccc21. The zero-order chi connectivity index (χ0) is 12.6. The molecule has 0 fully saturated rings. The Morgan fingerprint density at radius 3 is 2.83 bits per heavy atom. The molecule has 1 unspecified atom stereocenters. The van der Waals surface area contributed by atoms with E-state index in [1.807, 2.05) is 18.2 Å². The molecule has 0 saturated carbocycles. The molecule has 0 radical (unpaired) electrons. The van der Waals surface area contributed by atoms with Crippen molar-refractivity contribution in [2.24, 2.45) is 5.73 Å². The van der Waals surface area contributed by atoms with Crippen LogP contribution in [-0.4, -0.2) is 11.7 Å². The third-order valence-corrected chi connectivity index (χ3v) is 4.76. The Hall–Kier alpha value is -1.16. The van der Waals surface area contributed by atoms with Gasteiger partial charge in [-0.1, -0.05) is 24.3 Å². The molecule has 1 aliphatic rings. The molecule has 3 heteroatoms. The maximum atomic E-state index is 11.2. The highest BCUT2D eigenvalue weighted by atomic mass is 32.1. The van der Waals surface area contributed by atoms with Crippen LogP contribution < -0.4 is 5.73 Å². The first-order chi connectivity index (χ1) is 8.75. The summed E-state index contributed by atoms with van der Waals surface area (Å²) in [6.07, 6.45) is 2.58. The Kier molecular flexibility index (Phi) is 2.98. The predicted molar refractivity (Wildman–Crippen MR) is 74.8 cm³/mol. The first-order valence-corrected chi connectivity index (χ1v) is 7.21. The summed E-state index contributed by atoms with van der Waals surface area (Å²) in [7, 11) is 0. The van der Waals surface area contributed by atoms with Crippen molar-refractivity contribution in [3.05, 3.63) is 57.3 Å². The van der Waals surface area contributed by atoms with Gasteiger partial charge >= 0.3 is 0 Å². The number of thiophene rings is 1. The minimum atomic E-state index is -0.906. The molecular formula is C15H17NOS. The van der Waals surface area contributed by atoms with E-state index in [4.69, 9.17) is 5.73 Å². The third-order valence-electron chi connectivity index (χ3n) is 3.78. The fourth-order valence-electron chi connectivity index (χ4n) is 2.92. The van der Waals surface area contributed by atoms with Gasteiger partial charge in [0, 0.05) is 10.4 Å². The maximum Gasteiger partial charge on any atom is 0.117 e. The van der Waals surface area contributed by atoms with E-state index in [9.17, 15) is 5.11 Å². The molecule has 0 aliphatic heterocycles. The van der Waals surface area contributed by atoms with Gasteiger partial charge in [0.25, 0.3) is 0 Å². The second-order valence-electron chi connectivity index (χ2n) is 4.81. The van der Waals surface area contributed by atoms with Crippen LogP contribution in [0.4, 0.5) is 0 Å². The molecule has 2 nitrogen and oxygen atoms in total. The first-order valence-electron chi connectivity index (χ1n) is 6.33.